The topological polar surface area (TPSA) is 50.8 Å². The van der Waals surface area contributed by atoms with E-state index in [2.05, 4.69) is 31.0 Å². The van der Waals surface area contributed by atoms with Gasteiger partial charge in [0.2, 0.25) is 0 Å². The van der Waals surface area contributed by atoms with Crippen molar-refractivity contribution in [1.29, 1.82) is 0 Å². The van der Waals surface area contributed by atoms with E-state index in [9.17, 15) is 4.79 Å². The van der Waals surface area contributed by atoms with E-state index in [1.165, 1.54) is 0 Å². The molecule has 27 heavy (non-hydrogen) atoms. The van der Waals surface area contributed by atoms with Crippen LogP contribution in [0.5, 0.6) is 5.75 Å². The zero-order valence-electron chi connectivity index (χ0n) is 17.4. The number of hydrogen-bond acceptors (Lipinski definition) is 4. The molecule has 1 N–H and O–H groups in total. The van der Waals surface area contributed by atoms with E-state index in [1.807, 2.05) is 31.2 Å². The number of amides is 1. The van der Waals surface area contributed by atoms with Crippen LogP contribution in [0.4, 0.5) is 5.69 Å². The number of anilines is 1. The van der Waals surface area contributed by atoms with E-state index < -0.39 is 5.60 Å². The molecule has 1 aromatic rings. The molecule has 0 bridgehead atoms. The Morgan fingerprint density at radius 3 is 2.37 bits per heavy atom. The summed E-state index contributed by atoms with van der Waals surface area (Å²) in [5.74, 6) is 1.11. The van der Waals surface area contributed by atoms with Gasteiger partial charge in [-0.15, -0.1) is 0 Å². The number of nitrogens with zero attached hydrogens (tertiary/aromatic N) is 1. The lowest BCUT2D eigenvalue weighted by molar-refractivity contribution is -0.142. The third kappa shape index (κ3) is 6.51. The summed E-state index contributed by atoms with van der Waals surface area (Å²) in [5, 5.41) is 3.01. The summed E-state index contributed by atoms with van der Waals surface area (Å²) in [5.41, 5.74) is 0.0535. The fourth-order valence-electron chi connectivity index (χ4n) is 3.22. The van der Waals surface area contributed by atoms with Crippen LogP contribution in [-0.2, 0) is 9.53 Å². The molecule has 152 valence electrons. The van der Waals surface area contributed by atoms with E-state index in [4.69, 9.17) is 9.47 Å². The smallest absolute Gasteiger partial charge is 0.256 e. The Kier molecular flexibility index (Phi) is 8.58. The second kappa shape index (κ2) is 10.7. The molecule has 1 fully saturated rings. The van der Waals surface area contributed by atoms with Gasteiger partial charge >= 0.3 is 0 Å². The van der Waals surface area contributed by atoms with E-state index in [0.29, 0.717) is 19.1 Å². The van der Waals surface area contributed by atoms with Crippen LogP contribution in [-0.4, -0.2) is 49.3 Å². The minimum atomic E-state index is -0.727. The van der Waals surface area contributed by atoms with Crippen molar-refractivity contribution >= 4 is 11.6 Å². The summed E-state index contributed by atoms with van der Waals surface area (Å²) >= 11 is 0. The van der Waals surface area contributed by atoms with Gasteiger partial charge in [0.15, 0.2) is 0 Å². The molecule has 0 aromatic heterocycles. The van der Waals surface area contributed by atoms with Crippen molar-refractivity contribution in [2.75, 3.05) is 38.2 Å². The Morgan fingerprint density at radius 2 is 1.81 bits per heavy atom. The summed E-state index contributed by atoms with van der Waals surface area (Å²) in [6.45, 7) is 12.9. The van der Waals surface area contributed by atoms with Gasteiger partial charge in [0.25, 0.3) is 5.91 Å². The number of carbonyl (C=O) groups excluding carboxylic acids is 1. The van der Waals surface area contributed by atoms with Gasteiger partial charge in [-0.25, -0.2) is 0 Å². The number of carbonyl (C=O) groups is 1. The van der Waals surface area contributed by atoms with Crippen molar-refractivity contribution in [3.63, 3.8) is 0 Å². The lowest BCUT2D eigenvalue weighted by Crippen LogP contribution is -2.45. The first-order valence-electron chi connectivity index (χ1n) is 10.4. The monoisotopic (exact) mass is 376 g/mol. The molecule has 5 nitrogen and oxygen atoms in total. The number of rotatable bonds is 13. The Bertz CT molecular complexity index is 567. The Labute approximate surface area is 164 Å². The Balaban J connectivity index is 1.81. The highest BCUT2D eigenvalue weighted by Gasteiger charge is 2.48. The molecular formula is C22H36N2O3. The van der Waals surface area contributed by atoms with Crippen LogP contribution in [0.25, 0.3) is 0 Å². The molecule has 1 atom stereocenters. The highest BCUT2D eigenvalue weighted by Crippen LogP contribution is 2.42. The predicted molar refractivity (Wildman–Crippen MR) is 110 cm³/mol. The SMILES string of the molecule is CCCO[C@](C)(C(=O)Nc1ccc(OCCCN(CC)CC)cc1)C1CC1. The molecule has 0 heterocycles. The minimum absolute atomic E-state index is 0.0497. The number of hydrogen-bond donors (Lipinski definition) is 1. The van der Waals surface area contributed by atoms with Gasteiger partial charge in [0.05, 0.1) is 6.61 Å². The molecule has 1 aliphatic rings. The molecule has 0 radical (unpaired) electrons. The van der Waals surface area contributed by atoms with Crippen molar-refractivity contribution < 1.29 is 14.3 Å². The molecular weight excluding hydrogens is 340 g/mol. The van der Waals surface area contributed by atoms with Crippen molar-refractivity contribution in [3.8, 4) is 5.75 Å². The molecule has 1 aliphatic carbocycles. The van der Waals surface area contributed by atoms with Crippen LogP contribution in [0.1, 0.15) is 53.4 Å². The molecule has 0 aliphatic heterocycles. The summed E-state index contributed by atoms with van der Waals surface area (Å²) in [6, 6.07) is 7.61. The molecule has 1 amide bonds. The maximum absolute atomic E-state index is 12.8. The fraction of sp³-hybridized carbons (Fsp3) is 0.682. The van der Waals surface area contributed by atoms with Crippen LogP contribution in [0.3, 0.4) is 0 Å². The molecule has 5 heteroatoms. The van der Waals surface area contributed by atoms with Crippen LogP contribution in [0, 0.1) is 5.92 Å². The minimum Gasteiger partial charge on any atom is -0.494 e. The first kappa shape index (κ1) is 21.7. The second-order valence-electron chi connectivity index (χ2n) is 7.44. The standard InChI is InChI=1S/C22H36N2O3/c1-5-16-27-22(4,18-9-10-18)21(25)23-19-11-13-20(14-12-19)26-17-8-15-24(6-2)7-3/h11-14,18H,5-10,15-17H2,1-4H3,(H,23,25)/t22-/m0/s1. The molecule has 0 spiro atoms. The summed E-state index contributed by atoms with van der Waals surface area (Å²) < 4.78 is 11.7. The average molecular weight is 377 g/mol. The maximum atomic E-state index is 12.8. The normalized spacial score (nSPS) is 16.2. The first-order valence-corrected chi connectivity index (χ1v) is 10.4. The van der Waals surface area contributed by atoms with Gasteiger partial charge in [-0.3, -0.25) is 4.79 Å². The Morgan fingerprint density at radius 1 is 1.15 bits per heavy atom. The van der Waals surface area contributed by atoms with Crippen LogP contribution in [0.2, 0.25) is 0 Å². The molecule has 0 unspecified atom stereocenters. The number of nitrogens with one attached hydrogen (secondary N) is 1. The van der Waals surface area contributed by atoms with Crippen molar-refractivity contribution in [2.24, 2.45) is 5.92 Å². The van der Waals surface area contributed by atoms with Crippen molar-refractivity contribution in [3.05, 3.63) is 24.3 Å². The van der Waals surface area contributed by atoms with Gasteiger partial charge in [-0.05, 0) is 75.9 Å². The van der Waals surface area contributed by atoms with E-state index >= 15 is 0 Å². The first-order chi connectivity index (χ1) is 13.0. The molecule has 1 aromatic carbocycles. The molecule has 1 saturated carbocycles. The lowest BCUT2D eigenvalue weighted by atomic mass is 9.98. The highest BCUT2D eigenvalue weighted by molar-refractivity contribution is 5.97. The van der Waals surface area contributed by atoms with E-state index in [1.54, 1.807) is 0 Å². The summed E-state index contributed by atoms with van der Waals surface area (Å²) in [7, 11) is 0. The highest BCUT2D eigenvalue weighted by atomic mass is 16.5. The van der Waals surface area contributed by atoms with Gasteiger partial charge in [0, 0.05) is 18.8 Å². The van der Waals surface area contributed by atoms with Crippen molar-refractivity contribution in [2.45, 2.75) is 59.0 Å². The van der Waals surface area contributed by atoms with E-state index in [-0.39, 0.29) is 5.91 Å². The largest absolute Gasteiger partial charge is 0.494 e. The van der Waals surface area contributed by atoms with Crippen LogP contribution >= 0.6 is 0 Å². The van der Waals surface area contributed by atoms with Gasteiger partial charge in [-0.1, -0.05) is 20.8 Å². The van der Waals surface area contributed by atoms with Crippen LogP contribution in [0.15, 0.2) is 24.3 Å². The third-order valence-electron chi connectivity index (χ3n) is 5.31. The van der Waals surface area contributed by atoms with Crippen LogP contribution < -0.4 is 10.1 Å². The predicted octanol–water partition coefficient (Wildman–Crippen LogP) is 4.33. The Hall–Kier alpha value is -1.59. The summed E-state index contributed by atoms with van der Waals surface area (Å²) in [6.07, 6.45) is 4.05. The van der Waals surface area contributed by atoms with Crippen molar-refractivity contribution in [1.82, 2.24) is 4.90 Å². The fourth-order valence-corrected chi connectivity index (χ4v) is 3.22. The quantitative estimate of drug-likeness (QED) is 0.521. The number of benzene rings is 1. The van der Waals surface area contributed by atoms with Gasteiger partial charge < -0.3 is 19.7 Å². The zero-order chi connectivity index (χ0) is 19.7. The zero-order valence-corrected chi connectivity index (χ0v) is 17.4. The summed E-state index contributed by atoms with van der Waals surface area (Å²) in [4.78, 5) is 15.2. The van der Waals surface area contributed by atoms with E-state index in [0.717, 1.165) is 56.8 Å². The number of ether oxygens (including phenoxy) is 2. The maximum Gasteiger partial charge on any atom is 0.256 e. The molecule has 2 rings (SSSR count). The van der Waals surface area contributed by atoms with Gasteiger partial charge in [-0.2, -0.15) is 0 Å². The molecule has 0 saturated heterocycles. The third-order valence-corrected chi connectivity index (χ3v) is 5.31. The second-order valence-corrected chi connectivity index (χ2v) is 7.44. The van der Waals surface area contributed by atoms with Gasteiger partial charge in [0.1, 0.15) is 11.4 Å². The average Bonchev–Trinajstić information content (AvgIpc) is 3.53. The lowest BCUT2D eigenvalue weighted by Gasteiger charge is -2.28.